The minimum atomic E-state index is -0.928. The summed E-state index contributed by atoms with van der Waals surface area (Å²) in [5.41, 5.74) is 6.83. The number of benzene rings is 3. The van der Waals surface area contributed by atoms with Crippen LogP contribution in [0.15, 0.2) is 103 Å². The highest BCUT2D eigenvalue weighted by Gasteiger charge is 2.38. The van der Waals surface area contributed by atoms with E-state index in [0.29, 0.717) is 30.3 Å². The van der Waals surface area contributed by atoms with Crippen molar-refractivity contribution in [3.05, 3.63) is 131 Å². The van der Waals surface area contributed by atoms with E-state index in [4.69, 9.17) is 9.47 Å². The molecule has 4 heterocycles. The zero-order valence-corrected chi connectivity index (χ0v) is 34.2. The van der Waals surface area contributed by atoms with Crippen LogP contribution in [0.4, 0.5) is 9.59 Å². The summed E-state index contributed by atoms with van der Waals surface area (Å²) in [6, 6.07) is 22.5. The van der Waals surface area contributed by atoms with Gasteiger partial charge in [-0.25, -0.2) is 19.6 Å². The van der Waals surface area contributed by atoms with Gasteiger partial charge in [-0.2, -0.15) is 0 Å². The minimum absolute atomic E-state index is 0.112. The van der Waals surface area contributed by atoms with Gasteiger partial charge in [-0.3, -0.25) is 9.59 Å². The average molecular weight is 809 g/mol. The number of H-pyrrole nitrogens is 2. The number of alkyl carbamates (subject to hydrolysis) is 2. The van der Waals surface area contributed by atoms with E-state index in [0.717, 1.165) is 52.1 Å². The van der Waals surface area contributed by atoms with Crippen molar-refractivity contribution in [2.45, 2.75) is 57.8 Å². The van der Waals surface area contributed by atoms with E-state index in [1.54, 1.807) is 34.3 Å². The first-order valence-electron chi connectivity index (χ1n) is 19.9. The molecule has 14 nitrogen and oxygen atoms in total. The molecule has 2 aromatic heterocycles. The molecule has 308 valence electrons. The van der Waals surface area contributed by atoms with Crippen LogP contribution in [0.1, 0.15) is 80.1 Å². The van der Waals surface area contributed by atoms with Crippen molar-refractivity contribution in [3.8, 4) is 34.4 Å². The summed E-state index contributed by atoms with van der Waals surface area (Å²) in [4.78, 5) is 71.3. The van der Waals surface area contributed by atoms with Crippen molar-refractivity contribution in [2.24, 2.45) is 5.92 Å². The monoisotopic (exact) mass is 808 g/mol. The summed E-state index contributed by atoms with van der Waals surface area (Å²) in [5.74, 6) is 7.27. The Morgan fingerprint density at radius 2 is 1.32 bits per heavy atom. The molecule has 0 spiro atoms. The maximum absolute atomic E-state index is 14.0. The second kappa shape index (κ2) is 18.2. The lowest BCUT2D eigenvalue weighted by molar-refractivity contribution is -0.135. The highest BCUT2D eigenvalue weighted by Crippen LogP contribution is 2.34. The molecule has 3 aromatic carbocycles. The number of carbonyl (C=O) groups excluding carboxylic acids is 4. The van der Waals surface area contributed by atoms with Crippen molar-refractivity contribution in [3.63, 3.8) is 0 Å². The fraction of sp³-hybridized carbons (Fsp3) is 0.304. The Labute approximate surface area is 348 Å². The lowest BCUT2D eigenvalue weighted by Crippen LogP contribution is -2.51. The van der Waals surface area contributed by atoms with Crippen LogP contribution in [-0.2, 0) is 19.1 Å². The van der Waals surface area contributed by atoms with Gasteiger partial charge in [0.2, 0.25) is 5.91 Å². The van der Waals surface area contributed by atoms with Crippen molar-refractivity contribution >= 4 is 24.0 Å². The van der Waals surface area contributed by atoms with Crippen LogP contribution in [0.3, 0.4) is 0 Å². The number of hydrogen-bond acceptors (Lipinski definition) is 8. The summed E-state index contributed by atoms with van der Waals surface area (Å²) in [6.45, 7) is 6.73. The van der Waals surface area contributed by atoms with Gasteiger partial charge in [0, 0.05) is 24.2 Å². The normalized spacial score (nSPS) is 17.0. The topological polar surface area (TPSA) is 175 Å². The third-order valence-corrected chi connectivity index (χ3v) is 10.8. The van der Waals surface area contributed by atoms with E-state index in [1.807, 2.05) is 93.6 Å². The van der Waals surface area contributed by atoms with Crippen LogP contribution in [0.25, 0.3) is 22.5 Å². The smallest absolute Gasteiger partial charge is 0.407 e. The molecule has 0 unspecified atom stereocenters. The molecule has 2 aliphatic rings. The molecule has 1 fully saturated rings. The molecule has 5 aromatic rings. The van der Waals surface area contributed by atoms with E-state index < -0.39 is 30.3 Å². The van der Waals surface area contributed by atoms with E-state index in [2.05, 4.69) is 42.4 Å². The highest BCUT2D eigenvalue weighted by atomic mass is 16.5. The molecule has 0 saturated carbocycles. The van der Waals surface area contributed by atoms with Crippen molar-refractivity contribution in [1.82, 2.24) is 40.4 Å². The van der Waals surface area contributed by atoms with Crippen LogP contribution < -0.4 is 10.6 Å². The number of amides is 4. The summed E-state index contributed by atoms with van der Waals surface area (Å²) < 4.78 is 9.57. The molecule has 14 heteroatoms. The zero-order valence-electron chi connectivity index (χ0n) is 34.2. The number of imidazole rings is 2. The Bertz CT molecular complexity index is 2430. The molecular formula is C46H48N8O6. The molecule has 0 radical (unpaired) electrons. The number of likely N-dealkylation sites (tertiary alicyclic amines) is 1. The summed E-state index contributed by atoms with van der Waals surface area (Å²) in [7, 11) is 2.55. The first-order valence-corrected chi connectivity index (χ1v) is 19.9. The first kappa shape index (κ1) is 41.0. The fourth-order valence-electron chi connectivity index (χ4n) is 7.59. The lowest BCUT2D eigenvalue weighted by atomic mass is 10.0. The molecule has 0 aliphatic carbocycles. The van der Waals surface area contributed by atoms with Crippen LogP contribution in [0.2, 0.25) is 0 Å². The Morgan fingerprint density at radius 3 is 1.90 bits per heavy atom. The molecule has 2 aliphatic heterocycles. The zero-order chi connectivity index (χ0) is 42.3. The predicted molar refractivity (Wildman–Crippen MR) is 225 cm³/mol. The minimum Gasteiger partial charge on any atom is -0.453 e. The van der Waals surface area contributed by atoms with Gasteiger partial charge >= 0.3 is 12.2 Å². The van der Waals surface area contributed by atoms with Crippen LogP contribution in [0, 0.1) is 17.8 Å². The molecule has 1 saturated heterocycles. The number of carbonyl (C=O) groups is 4. The Hall–Kier alpha value is -7.14. The molecule has 4 atom stereocenters. The molecule has 4 amide bonds. The summed E-state index contributed by atoms with van der Waals surface area (Å²) in [6.07, 6.45) is 5.82. The van der Waals surface area contributed by atoms with E-state index in [-0.39, 0.29) is 23.8 Å². The Kier molecular flexibility index (Phi) is 12.4. The second-order valence-electron chi connectivity index (χ2n) is 15.2. The summed E-state index contributed by atoms with van der Waals surface area (Å²) in [5, 5.41) is 5.38. The molecular weight excluding hydrogens is 761 g/mol. The predicted octanol–water partition coefficient (Wildman–Crippen LogP) is 6.84. The van der Waals surface area contributed by atoms with Crippen molar-refractivity contribution in [1.29, 1.82) is 0 Å². The number of nitrogens with one attached hydrogen (secondary N) is 4. The number of hydrogen-bond donors (Lipinski definition) is 4. The van der Waals surface area contributed by atoms with Gasteiger partial charge in [-0.1, -0.05) is 91.9 Å². The van der Waals surface area contributed by atoms with Gasteiger partial charge in [0.05, 0.1) is 44.0 Å². The number of aromatic nitrogens is 4. The first-order chi connectivity index (χ1) is 29.0. The molecule has 0 bridgehead atoms. The fourth-order valence-corrected chi connectivity index (χ4v) is 7.59. The van der Waals surface area contributed by atoms with Crippen LogP contribution >= 0.6 is 0 Å². The van der Waals surface area contributed by atoms with E-state index in [1.165, 1.54) is 14.2 Å². The highest BCUT2D eigenvalue weighted by molar-refractivity contribution is 5.88. The van der Waals surface area contributed by atoms with Gasteiger partial charge in [-0.15, -0.1) is 0 Å². The largest absolute Gasteiger partial charge is 0.453 e. The van der Waals surface area contributed by atoms with Gasteiger partial charge in [0.25, 0.3) is 5.91 Å². The molecule has 4 N–H and O–H groups in total. The van der Waals surface area contributed by atoms with Crippen LogP contribution in [0.5, 0.6) is 0 Å². The maximum Gasteiger partial charge on any atom is 0.407 e. The van der Waals surface area contributed by atoms with Crippen LogP contribution in [-0.4, -0.2) is 87.1 Å². The average Bonchev–Trinajstić information content (AvgIpc) is 4.11. The number of rotatable bonds is 10. The SMILES string of the molecule is COC(=O)N[C@H](C(=O)N1CCC[C@H]1c1ncc(-c2ccc(C#Cc3ccc(-c4cnc([C@@H]5C=C(C)CN5C(=O)[C@H](NC(=O)OC)c5ccccc5)[nH]4)cc3)cc2)[nH]1)C(C)C. The third kappa shape index (κ3) is 9.10. The standard InChI is InChI=1S/C46H48N8O6/c1-28(2)39(51-45(57)59-4)43(55)53-23-9-12-37(53)41-47-25-35(49-41)32-19-15-30(16-20-32)13-14-31-17-21-33(22-18-31)36-26-48-42(50-36)38-24-29(3)27-54(38)44(56)40(52-46(58)60-5)34-10-7-6-8-11-34/h6-8,10-11,15-22,24-26,28,37-40H,9,12,23,27H2,1-5H3,(H,47,49)(H,48,50)(H,51,57)(H,52,58)/t37-,38-,39-,40+/m0/s1. The number of nitrogens with zero attached hydrogens (tertiary/aromatic N) is 4. The third-order valence-electron chi connectivity index (χ3n) is 10.8. The number of aromatic amines is 2. The summed E-state index contributed by atoms with van der Waals surface area (Å²) >= 11 is 0. The molecule has 7 rings (SSSR count). The Morgan fingerprint density at radius 1 is 0.750 bits per heavy atom. The van der Waals surface area contributed by atoms with Gasteiger partial charge in [-0.05, 0) is 66.6 Å². The molecule has 60 heavy (non-hydrogen) atoms. The Balaban J connectivity index is 0.992. The quantitative estimate of drug-likeness (QED) is 0.0877. The van der Waals surface area contributed by atoms with Crippen molar-refractivity contribution < 1.29 is 28.7 Å². The van der Waals surface area contributed by atoms with Gasteiger partial charge < -0.3 is 39.9 Å². The maximum atomic E-state index is 14.0. The van der Waals surface area contributed by atoms with Gasteiger partial charge in [0.15, 0.2) is 0 Å². The lowest BCUT2D eigenvalue weighted by Gasteiger charge is -2.30. The van der Waals surface area contributed by atoms with E-state index in [9.17, 15) is 19.2 Å². The number of ether oxygens (including phenoxy) is 2. The van der Waals surface area contributed by atoms with E-state index >= 15 is 0 Å². The van der Waals surface area contributed by atoms with Gasteiger partial charge in [0.1, 0.15) is 29.8 Å². The second-order valence-corrected chi connectivity index (χ2v) is 15.2. The number of methoxy groups -OCH3 is 2. The van der Waals surface area contributed by atoms with Crippen molar-refractivity contribution in [2.75, 3.05) is 27.3 Å².